The van der Waals surface area contributed by atoms with Gasteiger partial charge in [0.05, 0.1) is 68.0 Å². The number of hydrogen-bond acceptors (Lipinski definition) is 9. The standard InChI is InChI=1S/C51H33N5.C45H29N3O/c1-3-9-34(10-4-1)43-31-48(46-13-7-8-30-52-46)54-49(32-43)47-29-26-42(33-53-47)37-16-14-35(15-17-37)36-18-20-39(21-19-36)45-28-25-41-23-22-40-24-27-44(38-11-5-2-6-12-38)55-50(40)51(41)56-45;1-2-8-30(9-3-1)37-27-42(40-11-6-7-25-46-40)48-43(28-37)41-23-21-36(29-47-41)34-19-15-32(16-20-34)31-13-17-33(18-14-31)35-22-24-45-39(26-35)38-10-4-5-12-44(38)49-45/h1-33H;1-29H. The molecule has 0 N–H and O–H groups in total. The first kappa shape index (κ1) is 62.9. The molecule has 0 atom stereocenters. The predicted molar refractivity (Wildman–Crippen MR) is 428 cm³/mol. The average molecular weight is 1340 g/mol. The van der Waals surface area contributed by atoms with Crippen molar-refractivity contribution in [2.45, 2.75) is 0 Å². The second-order valence-corrected chi connectivity index (χ2v) is 25.9. The molecule has 0 aliphatic heterocycles. The third-order valence-electron chi connectivity index (χ3n) is 19.2. The molecule has 9 aromatic heterocycles. The maximum Gasteiger partial charge on any atom is 0.135 e. The lowest BCUT2D eigenvalue weighted by atomic mass is 9.97. The van der Waals surface area contributed by atoms with Gasteiger partial charge in [-0.05, 0) is 158 Å². The minimum Gasteiger partial charge on any atom is -0.456 e. The first-order valence-corrected chi connectivity index (χ1v) is 35.0. The van der Waals surface area contributed by atoms with Gasteiger partial charge in [-0.3, -0.25) is 19.9 Å². The monoisotopic (exact) mass is 1340 g/mol. The van der Waals surface area contributed by atoms with Gasteiger partial charge in [-0.15, -0.1) is 0 Å². The molecule has 0 spiro atoms. The summed E-state index contributed by atoms with van der Waals surface area (Å²) >= 11 is 0. The lowest BCUT2D eigenvalue weighted by Crippen LogP contribution is -1.94. The van der Waals surface area contributed by atoms with Crippen LogP contribution in [0.2, 0.25) is 0 Å². The number of pyridine rings is 8. The molecule has 492 valence electrons. The van der Waals surface area contributed by atoms with Crippen LogP contribution in [0.1, 0.15) is 0 Å². The van der Waals surface area contributed by atoms with Crippen LogP contribution in [0.4, 0.5) is 0 Å². The van der Waals surface area contributed by atoms with Crippen LogP contribution in [-0.4, -0.2) is 39.9 Å². The zero-order valence-corrected chi connectivity index (χ0v) is 56.8. The highest BCUT2D eigenvalue weighted by Crippen LogP contribution is 2.38. The predicted octanol–water partition coefficient (Wildman–Crippen LogP) is 24.4. The highest BCUT2D eigenvalue weighted by molar-refractivity contribution is 6.07. The summed E-state index contributed by atoms with van der Waals surface area (Å²) in [6.07, 6.45) is 7.44. The summed E-state index contributed by atoms with van der Waals surface area (Å²) in [6.45, 7) is 0. The summed E-state index contributed by atoms with van der Waals surface area (Å²) in [6, 6.07) is 121. The Balaban J connectivity index is 0.000000151. The Kier molecular flexibility index (Phi) is 16.8. The van der Waals surface area contributed by atoms with Crippen LogP contribution in [0.5, 0.6) is 0 Å². The smallest absolute Gasteiger partial charge is 0.135 e. The zero-order chi connectivity index (χ0) is 69.8. The molecule has 0 aliphatic carbocycles. The topological polar surface area (TPSA) is 116 Å². The van der Waals surface area contributed by atoms with Gasteiger partial charge in [0.25, 0.3) is 0 Å². The minimum atomic E-state index is 0.804. The summed E-state index contributed by atoms with van der Waals surface area (Å²) in [7, 11) is 0. The third-order valence-corrected chi connectivity index (χ3v) is 19.2. The number of benzene rings is 10. The Bertz CT molecular complexity index is 6190. The number of nitrogens with zero attached hydrogens (tertiary/aromatic N) is 8. The Hall–Kier alpha value is -14.3. The molecule has 19 rings (SSSR count). The fourth-order valence-corrected chi connectivity index (χ4v) is 13.6. The number of rotatable bonds is 13. The van der Waals surface area contributed by atoms with Crippen molar-refractivity contribution in [1.82, 2.24) is 39.9 Å². The first-order valence-electron chi connectivity index (χ1n) is 35.0. The van der Waals surface area contributed by atoms with E-state index in [0.29, 0.717) is 0 Å². The SMILES string of the molecule is c1ccc(-c2cc(-c3ccccn3)nc(-c3ccc(-c4ccc(-c5ccc(-c6ccc7ccc8ccc(-c9ccccc9)nc8c7n6)cc5)cc4)cn3)c2)cc1.c1ccc(-c2cc(-c3ccccn3)nc(-c3ccc(-c4ccc(-c5ccc(-c6ccc7oc8ccccc8c7c6)cc5)cc4)cn3)c2)cc1. The van der Waals surface area contributed by atoms with E-state index in [2.05, 4.69) is 247 Å². The molecule has 0 bridgehead atoms. The lowest BCUT2D eigenvalue weighted by molar-refractivity contribution is 0.669. The fraction of sp³-hybridized carbons (Fsp3) is 0. The van der Waals surface area contributed by atoms with Crippen LogP contribution < -0.4 is 0 Å². The van der Waals surface area contributed by atoms with Crippen LogP contribution in [-0.2, 0) is 0 Å². The van der Waals surface area contributed by atoms with E-state index in [0.717, 1.165) is 167 Å². The maximum absolute atomic E-state index is 6.02. The van der Waals surface area contributed by atoms with Crippen molar-refractivity contribution in [2.24, 2.45) is 0 Å². The summed E-state index contributed by atoms with van der Waals surface area (Å²) in [5.41, 5.74) is 29.9. The second kappa shape index (κ2) is 28.0. The summed E-state index contributed by atoms with van der Waals surface area (Å²) in [4.78, 5) is 39.0. The quantitative estimate of drug-likeness (QED) is 0.104. The van der Waals surface area contributed by atoms with Crippen molar-refractivity contribution in [3.05, 3.63) is 377 Å². The molecule has 9 heterocycles. The molecule has 0 unspecified atom stereocenters. The maximum atomic E-state index is 6.02. The molecule has 19 aromatic rings. The zero-order valence-electron chi connectivity index (χ0n) is 56.8. The summed E-state index contributed by atoms with van der Waals surface area (Å²) in [5, 5.41) is 4.43. The molecular weight excluding hydrogens is 1280 g/mol. The largest absolute Gasteiger partial charge is 0.456 e. The normalized spacial score (nSPS) is 11.2. The Labute approximate surface area is 607 Å². The van der Waals surface area contributed by atoms with Crippen LogP contribution in [0.3, 0.4) is 0 Å². The van der Waals surface area contributed by atoms with E-state index in [1.165, 1.54) is 22.3 Å². The van der Waals surface area contributed by atoms with E-state index in [1.54, 1.807) is 12.4 Å². The minimum absolute atomic E-state index is 0.804. The van der Waals surface area contributed by atoms with Crippen molar-refractivity contribution >= 4 is 43.7 Å². The Morgan fingerprint density at radius 1 is 0.171 bits per heavy atom. The van der Waals surface area contributed by atoms with Crippen LogP contribution in [0.25, 0.3) is 190 Å². The van der Waals surface area contributed by atoms with Crippen LogP contribution in [0, 0.1) is 0 Å². The van der Waals surface area contributed by atoms with E-state index in [4.69, 9.17) is 34.3 Å². The Morgan fingerprint density at radius 2 is 0.486 bits per heavy atom. The van der Waals surface area contributed by atoms with Gasteiger partial charge in [0.1, 0.15) is 11.2 Å². The summed E-state index contributed by atoms with van der Waals surface area (Å²) < 4.78 is 6.02. The van der Waals surface area contributed by atoms with Gasteiger partial charge in [0, 0.05) is 68.6 Å². The number of hydrogen-bond donors (Lipinski definition) is 0. The molecule has 0 radical (unpaired) electrons. The highest BCUT2D eigenvalue weighted by Gasteiger charge is 2.16. The van der Waals surface area contributed by atoms with E-state index in [-0.39, 0.29) is 0 Å². The van der Waals surface area contributed by atoms with Crippen molar-refractivity contribution < 1.29 is 4.42 Å². The van der Waals surface area contributed by atoms with E-state index >= 15 is 0 Å². The molecule has 10 aromatic carbocycles. The van der Waals surface area contributed by atoms with E-state index < -0.39 is 0 Å². The molecule has 0 aliphatic rings. The van der Waals surface area contributed by atoms with Gasteiger partial charge in [0.2, 0.25) is 0 Å². The van der Waals surface area contributed by atoms with E-state index in [9.17, 15) is 0 Å². The first-order chi connectivity index (χ1) is 52.0. The van der Waals surface area contributed by atoms with E-state index in [1.807, 2.05) is 128 Å². The number of fused-ring (bicyclic) bond motifs is 6. The summed E-state index contributed by atoms with van der Waals surface area (Å²) in [5.74, 6) is 0. The second-order valence-electron chi connectivity index (χ2n) is 25.9. The Morgan fingerprint density at radius 3 is 0.905 bits per heavy atom. The fourth-order valence-electron chi connectivity index (χ4n) is 13.6. The van der Waals surface area contributed by atoms with Gasteiger partial charge in [-0.1, -0.05) is 261 Å². The number of aromatic nitrogens is 8. The van der Waals surface area contributed by atoms with Crippen molar-refractivity contribution in [2.75, 3.05) is 0 Å². The molecule has 9 heteroatoms. The average Bonchev–Trinajstić information content (AvgIpc) is 1.25. The van der Waals surface area contributed by atoms with Gasteiger partial charge < -0.3 is 4.42 Å². The number of furan rings is 1. The molecular formula is C96H62N8O. The van der Waals surface area contributed by atoms with Crippen LogP contribution >= 0.6 is 0 Å². The lowest BCUT2D eigenvalue weighted by Gasteiger charge is -2.10. The van der Waals surface area contributed by atoms with Crippen molar-refractivity contribution in [3.8, 4) is 146 Å². The molecule has 0 saturated heterocycles. The molecule has 0 fully saturated rings. The van der Waals surface area contributed by atoms with Gasteiger partial charge in [-0.2, -0.15) is 0 Å². The molecule has 0 amide bonds. The van der Waals surface area contributed by atoms with Crippen LogP contribution in [0.15, 0.2) is 381 Å². The van der Waals surface area contributed by atoms with Gasteiger partial charge in [0.15, 0.2) is 0 Å². The van der Waals surface area contributed by atoms with Gasteiger partial charge in [-0.25, -0.2) is 19.9 Å². The van der Waals surface area contributed by atoms with Crippen molar-refractivity contribution in [3.63, 3.8) is 0 Å². The van der Waals surface area contributed by atoms with Crippen molar-refractivity contribution in [1.29, 1.82) is 0 Å². The third kappa shape index (κ3) is 13.2. The van der Waals surface area contributed by atoms with Gasteiger partial charge >= 0.3 is 0 Å². The highest BCUT2D eigenvalue weighted by atomic mass is 16.3. The molecule has 0 saturated carbocycles. The molecule has 9 nitrogen and oxygen atoms in total. The molecule has 105 heavy (non-hydrogen) atoms. The number of para-hydroxylation sites is 1.